The third-order valence-corrected chi connectivity index (χ3v) is 7.66. The van der Waals surface area contributed by atoms with E-state index in [-0.39, 0.29) is 17.7 Å². The Morgan fingerprint density at radius 2 is 1.88 bits per heavy atom. The van der Waals surface area contributed by atoms with E-state index in [1.165, 1.54) is 0 Å². The Labute approximate surface area is 194 Å². The van der Waals surface area contributed by atoms with Crippen LogP contribution < -0.4 is 16.0 Å². The summed E-state index contributed by atoms with van der Waals surface area (Å²) in [6, 6.07) is 4.96. The molecule has 0 radical (unpaired) electrons. The van der Waals surface area contributed by atoms with Crippen molar-refractivity contribution in [2.45, 2.75) is 69.2 Å². The quantitative estimate of drug-likeness (QED) is 0.606. The van der Waals surface area contributed by atoms with Crippen LogP contribution in [-0.4, -0.2) is 43.8 Å². The van der Waals surface area contributed by atoms with E-state index in [2.05, 4.69) is 16.0 Å². The van der Waals surface area contributed by atoms with E-state index in [9.17, 15) is 14.4 Å². The smallest absolute Gasteiger partial charge is 0.407 e. The maximum atomic E-state index is 13.3. The molecule has 33 heavy (non-hydrogen) atoms. The standard InChI is InChI=1S/C25H33N3O5/c29-22(21(17-4-2-1-3-5-17)28-24(31)33-15-16-6-7-16)26-18-8-9-19-20(14-18)27-23(30)25(19)10-12-32-13-11-25/h8-9,14,16-17,21H,1-7,10-13,15H2,(H,26,29)(H,27,30)(H,28,31)/t21-/m0/s1. The van der Waals surface area contributed by atoms with Crippen LogP contribution in [0.25, 0.3) is 0 Å². The molecule has 0 aromatic heterocycles. The highest BCUT2D eigenvalue weighted by Crippen LogP contribution is 2.45. The Morgan fingerprint density at radius 3 is 2.61 bits per heavy atom. The van der Waals surface area contributed by atoms with Gasteiger partial charge in [0, 0.05) is 24.6 Å². The van der Waals surface area contributed by atoms with E-state index < -0.39 is 17.6 Å². The van der Waals surface area contributed by atoms with Crippen molar-refractivity contribution in [1.82, 2.24) is 5.32 Å². The molecule has 0 bridgehead atoms. The molecule has 2 saturated carbocycles. The number of benzene rings is 1. The molecule has 1 aromatic rings. The second-order valence-corrected chi connectivity index (χ2v) is 9.96. The van der Waals surface area contributed by atoms with Gasteiger partial charge in [0.1, 0.15) is 6.04 Å². The number of nitrogens with one attached hydrogen (secondary N) is 3. The number of ether oxygens (including phenoxy) is 2. The maximum Gasteiger partial charge on any atom is 0.407 e. The number of hydrogen-bond acceptors (Lipinski definition) is 5. The van der Waals surface area contributed by atoms with Crippen LogP contribution in [0.15, 0.2) is 18.2 Å². The van der Waals surface area contributed by atoms with Crippen molar-refractivity contribution in [3.63, 3.8) is 0 Å². The number of alkyl carbamates (subject to hydrolysis) is 1. The molecule has 2 aliphatic heterocycles. The summed E-state index contributed by atoms with van der Waals surface area (Å²) < 4.78 is 10.8. The fourth-order valence-corrected chi connectivity index (χ4v) is 5.45. The molecule has 5 rings (SSSR count). The molecule has 2 aliphatic carbocycles. The van der Waals surface area contributed by atoms with Gasteiger partial charge in [0.2, 0.25) is 11.8 Å². The lowest BCUT2D eigenvalue weighted by atomic mass is 9.75. The Hall–Kier alpha value is -2.61. The first-order valence-electron chi connectivity index (χ1n) is 12.3. The molecule has 3 N–H and O–H groups in total. The Morgan fingerprint density at radius 1 is 1.12 bits per heavy atom. The fraction of sp³-hybridized carbons (Fsp3) is 0.640. The molecule has 3 amide bonds. The highest BCUT2D eigenvalue weighted by Gasteiger charge is 2.47. The van der Waals surface area contributed by atoms with Crippen molar-refractivity contribution in [1.29, 1.82) is 0 Å². The van der Waals surface area contributed by atoms with Gasteiger partial charge < -0.3 is 25.4 Å². The lowest BCUT2D eigenvalue weighted by Gasteiger charge is -2.31. The number of rotatable bonds is 6. The van der Waals surface area contributed by atoms with Gasteiger partial charge in [-0.15, -0.1) is 0 Å². The van der Waals surface area contributed by atoms with Crippen LogP contribution >= 0.6 is 0 Å². The minimum atomic E-state index is -0.637. The van der Waals surface area contributed by atoms with E-state index in [1.54, 1.807) is 0 Å². The zero-order valence-corrected chi connectivity index (χ0v) is 19.0. The second-order valence-electron chi connectivity index (χ2n) is 9.96. The van der Waals surface area contributed by atoms with Gasteiger partial charge in [-0.2, -0.15) is 0 Å². The first kappa shape index (κ1) is 22.2. The molecule has 178 valence electrons. The topological polar surface area (TPSA) is 106 Å². The zero-order valence-electron chi connectivity index (χ0n) is 19.0. The van der Waals surface area contributed by atoms with Gasteiger partial charge in [-0.3, -0.25) is 9.59 Å². The Bertz CT molecular complexity index is 917. The molecular formula is C25H33N3O5. The first-order chi connectivity index (χ1) is 16.0. The molecule has 2 heterocycles. The molecule has 1 aromatic carbocycles. The summed E-state index contributed by atoms with van der Waals surface area (Å²) in [5.41, 5.74) is 1.79. The number of carbonyl (C=O) groups excluding carboxylic acids is 3. The number of anilines is 2. The Balaban J connectivity index is 1.29. The van der Waals surface area contributed by atoms with E-state index in [1.807, 2.05) is 18.2 Å². The lowest BCUT2D eigenvalue weighted by molar-refractivity contribution is -0.124. The molecule has 0 unspecified atom stereocenters. The molecular weight excluding hydrogens is 422 g/mol. The summed E-state index contributed by atoms with van der Waals surface area (Å²) in [6.07, 6.45) is 8.10. The fourth-order valence-electron chi connectivity index (χ4n) is 5.45. The first-order valence-corrected chi connectivity index (χ1v) is 12.3. The highest BCUT2D eigenvalue weighted by molar-refractivity contribution is 6.07. The van der Waals surface area contributed by atoms with Crippen LogP contribution in [0.5, 0.6) is 0 Å². The summed E-state index contributed by atoms with van der Waals surface area (Å²) >= 11 is 0. The summed E-state index contributed by atoms with van der Waals surface area (Å²) in [5, 5.41) is 8.81. The van der Waals surface area contributed by atoms with Crippen LogP contribution in [0, 0.1) is 11.8 Å². The van der Waals surface area contributed by atoms with Gasteiger partial charge in [0.15, 0.2) is 0 Å². The van der Waals surface area contributed by atoms with Crippen molar-refractivity contribution < 1.29 is 23.9 Å². The van der Waals surface area contributed by atoms with Gasteiger partial charge in [-0.25, -0.2) is 4.79 Å². The van der Waals surface area contributed by atoms with Gasteiger partial charge in [0.25, 0.3) is 0 Å². The average Bonchev–Trinajstić information content (AvgIpc) is 3.63. The van der Waals surface area contributed by atoms with Crippen molar-refractivity contribution in [2.24, 2.45) is 11.8 Å². The van der Waals surface area contributed by atoms with Crippen molar-refractivity contribution in [3.05, 3.63) is 23.8 Å². The van der Waals surface area contributed by atoms with Gasteiger partial charge >= 0.3 is 6.09 Å². The van der Waals surface area contributed by atoms with Gasteiger partial charge in [-0.1, -0.05) is 25.3 Å². The van der Waals surface area contributed by atoms with Crippen LogP contribution in [-0.2, 0) is 24.5 Å². The molecule has 3 fully saturated rings. The monoisotopic (exact) mass is 455 g/mol. The highest BCUT2D eigenvalue weighted by atomic mass is 16.5. The third-order valence-electron chi connectivity index (χ3n) is 7.66. The number of hydrogen-bond donors (Lipinski definition) is 3. The number of amides is 3. The minimum absolute atomic E-state index is 0.00411. The SMILES string of the molecule is O=C(N[C@H](C(=O)Nc1ccc2c(c1)NC(=O)C21CCOCC1)C1CCCCC1)OCC1CC1. The zero-order chi connectivity index (χ0) is 22.8. The number of carbonyl (C=O) groups is 3. The molecule has 1 spiro atoms. The third kappa shape index (κ3) is 4.71. The molecule has 1 saturated heterocycles. The predicted molar refractivity (Wildman–Crippen MR) is 123 cm³/mol. The van der Waals surface area contributed by atoms with Crippen molar-refractivity contribution >= 4 is 29.3 Å². The van der Waals surface area contributed by atoms with Gasteiger partial charge in [0.05, 0.1) is 12.0 Å². The predicted octanol–water partition coefficient (Wildman–Crippen LogP) is 3.71. The Kier molecular flexibility index (Phi) is 6.27. The average molecular weight is 456 g/mol. The van der Waals surface area contributed by atoms with E-state index in [0.717, 1.165) is 56.2 Å². The van der Waals surface area contributed by atoms with E-state index in [4.69, 9.17) is 9.47 Å². The maximum absolute atomic E-state index is 13.3. The summed E-state index contributed by atoms with van der Waals surface area (Å²) in [5.74, 6) is 0.324. The molecule has 4 aliphatic rings. The van der Waals surface area contributed by atoms with E-state index >= 15 is 0 Å². The van der Waals surface area contributed by atoms with Crippen LogP contribution in [0.2, 0.25) is 0 Å². The normalized spacial score (nSPS) is 22.8. The van der Waals surface area contributed by atoms with Crippen molar-refractivity contribution in [2.75, 3.05) is 30.5 Å². The summed E-state index contributed by atoms with van der Waals surface area (Å²) in [4.78, 5) is 38.4. The molecule has 8 heteroatoms. The van der Waals surface area contributed by atoms with Crippen LogP contribution in [0.3, 0.4) is 0 Å². The van der Waals surface area contributed by atoms with Crippen LogP contribution in [0.1, 0.15) is 63.4 Å². The van der Waals surface area contributed by atoms with Crippen LogP contribution in [0.4, 0.5) is 16.2 Å². The largest absolute Gasteiger partial charge is 0.449 e. The van der Waals surface area contributed by atoms with Crippen molar-refractivity contribution in [3.8, 4) is 0 Å². The molecule has 1 atom stereocenters. The summed E-state index contributed by atoms with van der Waals surface area (Å²) in [7, 11) is 0. The number of fused-ring (bicyclic) bond motifs is 2. The molecule has 8 nitrogen and oxygen atoms in total. The van der Waals surface area contributed by atoms with Gasteiger partial charge in [-0.05, 0) is 68.1 Å². The van der Waals surface area contributed by atoms with E-state index in [0.29, 0.717) is 44.3 Å². The summed E-state index contributed by atoms with van der Waals surface area (Å²) in [6.45, 7) is 1.55. The minimum Gasteiger partial charge on any atom is -0.449 e. The second kappa shape index (κ2) is 9.33. The lowest BCUT2D eigenvalue weighted by Crippen LogP contribution is -2.49.